The molecule has 0 aromatic carbocycles. The van der Waals surface area contributed by atoms with E-state index < -0.39 is 5.97 Å². The van der Waals surface area contributed by atoms with Gasteiger partial charge in [0.05, 0.1) is 25.7 Å². The zero-order valence-electron chi connectivity index (χ0n) is 8.06. The van der Waals surface area contributed by atoms with Crippen molar-refractivity contribution in [2.75, 3.05) is 13.7 Å². The topological polar surface area (TPSA) is 72.8 Å². The highest BCUT2D eigenvalue weighted by molar-refractivity contribution is 5.72. The van der Waals surface area contributed by atoms with Gasteiger partial charge >= 0.3 is 11.9 Å². The largest absolute Gasteiger partial charge is 0.481 e. The number of aliphatic carboxylic acids is 1. The van der Waals surface area contributed by atoms with Crippen molar-refractivity contribution >= 4 is 11.9 Å². The number of rotatable bonds is 4. The molecule has 80 valence electrons. The summed E-state index contributed by atoms with van der Waals surface area (Å²) in [7, 11) is 1.34. The van der Waals surface area contributed by atoms with Crippen molar-refractivity contribution in [2.24, 2.45) is 5.92 Å². The molecule has 1 aliphatic rings. The number of esters is 1. The van der Waals surface area contributed by atoms with Crippen LogP contribution < -0.4 is 0 Å². The van der Waals surface area contributed by atoms with Crippen LogP contribution in [-0.4, -0.2) is 36.9 Å². The highest BCUT2D eigenvalue weighted by Gasteiger charge is 2.31. The predicted molar refractivity (Wildman–Crippen MR) is 46.7 cm³/mol. The Bertz CT molecular complexity index is 225. The molecule has 1 heterocycles. The maximum Gasteiger partial charge on any atom is 0.311 e. The zero-order valence-corrected chi connectivity index (χ0v) is 8.06. The molecular weight excluding hydrogens is 188 g/mol. The summed E-state index contributed by atoms with van der Waals surface area (Å²) in [5, 5.41) is 8.45. The molecule has 14 heavy (non-hydrogen) atoms. The van der Waals surface area contributed by atoms with Gasteiger partial charge in [-0.3, -0.25) is 9.59 Å². The second-order valence-corrected chi connectivity index (χ2v) is 3.34. The molecule has 1 rings (SSSR count). The Morgan fingerprint density at radius 1 is 1.57 bits per heavy atom. The Hall–Kier alpha value is -1.10. The van der Waals surface area contributed by atoms with Crippen molar-refractivity contribution in [3.8, 4) is 0 Å². The minimum atomic E-state index is -0.838. The molecule has 2 unspecified atom stereocenters. The molecule has 0 radical (unpaired) electrons. The highest BCUT2D eigenvalue weighted by Crippen LogP contribution is 2.23. The van der Waals surface area contributed by atoms with Crippen molar-refractivity contribution in [3.63, 3.8) is 0 Å². The second kappa shape index (κ2) is 4.95. The van der Waals surface area contributed by atoms with E-state index in [0.717, 1.165) is 0 Å². The molecule has 1 aliphatic heterocycles. The van der Waals surface area contributed by atoms with Crippen LogP contribution in [0.15, 0.2) is 0 Å². The quantitative estimate of drug-likeness (QED) is 0.669. The van der Waals surface area contributed by atoms with Gasteiger partial charge in [0.15, 0.2) is 0 Å². The normalized spacial score (nSPS) is 26.1. The molecule has 1 saturated heterocycles. The lowest BCUT2D eigenvalue weighted by molar-refractivity contribution is -0.145. The first kappa shape index (κ1) is 11.0. The predicted octanol–water partition coefficient (Wildman–Crippen LogP) is 0.429. The molecule has 0 amide bonds. The third-order valence-corrected chi connectivity index (χ3v) is 2.30. The molecule has 0 spiro atoms. The van der Waals surface area contributed by atoms with Gasteiger partial charge in [-0.1, -0.05) is 0 Å². The molecule has 5 heteroatoms. The van der Waals surface area contributed by atoms with Gasteiger partial charge in [-0.15, -0.1) is 0 Å². The first-order valence-electron chi connectivity index (χ1n) is 4.54. The summed E-state index contributed by atoms with van der Waals surface area (Å²) in [6.07, 6.45) is 0.997. The van der Waals surface area contributed by atoms with E-state index in [2.05, 4.69) is 4.74 Å². The smallest absolute Gasteiger partial charge is 0.311 e. The van der Waals surface area contributed by atoms with Crippen molar-refractivity contribution in [1.82, 2.24) is 0 Å². The van der Waals surface area contributed by atoms with E-state index in [4.69, 9.17) is 9.84 Å². The molecule has 2 atom stereocenters. The van der Waals surface area contributed by atoms with Gasteiger partial charge in [0.1, 0.15) is 0 Å². The van der Waals surface area contributed by atoms with E-state index in [-0.39, 0.29) is 24.4 Å². The third-order valence-electron chi connectivity index (χ3n) is 2.30. The number of carbonyl (C=O) groups excluding carboxylic acids is 1. The Balaban J connectivity index is 2.27. The van der Waals surface area contributed by atoms with Crippen molar-refractivity contribution in [3.05, 3.63) is 0 Å². The third kappa shape index (κ3) is 2.99. The summed E-state index contributed by atoms with van der Waals surface area (Å²) in [4.78, 5) is 21.4. The second-order valence-electron chi connectivity index (χ2n) is 3.34. The average Bonchev–Trinajstić information content (AvgIpc) is 2.62. The Labute approximate surface area is 82.0 Å². The number of carboxylic acids is 1. The van der Waals surface area contributed by atoms with Gasteiger partial charge in [0.2, 0.25) is 0 Å². The fraction of sp³-hybridized carbons (Fsp3) is 0.778. The summed E-state index contributed by atoms with van der Waals surface area (Å²) < 4.78 is 9.85. The molecule has 1 N–H and O–H groups in total. The average molecular weight is 202 g/mol. The van der Waals surface area contributed by atoms with Crippen LogP contribution in [0.4, 0.5) is 0 Å². The molecule has 5 nitrogen and oxygen atoms in total. The number of hydrogen-bond acceptors (Lipinski definition) is 4. The van der Waals surface area contributed by atoms with Crippen molar-refractivity contribution in [2.45, 2.75) is 25.4 Å². The van der Waals surface area contributed by atoms with Crippen LogP contribution >= 0.6 is 0 Å². The highest BCUT2D eigenvalue weighted by atomic mass is 16.5. The van der Waals surface area contributed by atoms with Crippen LogP contribution in [0.5, 0.6) is 0 Å². The Morgan fingerprint density at radius 3 is 2.86 bits per heavy atom. The van der Waals surface area contributed by atoms with E-state index in [0.29, 0.717) is 19.4 Å². The van der Waals surface area contributed by atoms with Crippen LogP contribution in [0.1, 0.15) is 19.3 Å². The molecule has 0 saturated carbocycles. The SMILES string of the molecule is COC(=O)C1COC(CCC(=O)O)C1. The summed E-state index contributed by atoms with van der Waals surface area (Å²) in [6, 6.07) is 0. The van der Waals surface area contributed by atoms with Gasteiger partial charge in [0.25, 0.3) is 0 Å². The minimum absolute atomic E-state index is 0.0819. The van der Waals surface area contributed by atoms with E-state index in [1.54, 1.807) is 0 Å². The number of carbonyl (C=O) groups is 2. The van der Waals surface area contributed by atoms with Crippen LogP contribution in [0, 0.1) is 5.92 Å². The van der Waals surface area contributed by atoms with Gasteiger partial charge in [0, 0.05) is 6.42 Å². The van der Waals surface area contributed by atoms with E-state index in [1.165, 1.54) is 7.11 Å². The molecular formula is C9H14O5. The van der Waals surface area contributed by atoms with Crippen LogP contribution in [-0.2, 0) is 19.1 Å². The maximum atomic E-state index is 11.1. The standard InChI is InChI=1S/C9H14O5/c1-13-9(12)6-4-7(14-5-6)2-3-8(10)11/h6-7H,2-5H2,1H3,(H,10,11). The van der Waals surface area contributed by atoms with Crippen LogP contribution in [0.25, 0.3) is 0 Å². The summed E-state index contributed by atoms with van der Waals surface area (Å²) in [5.74, 6) is -1.34. The van der Waals surface area contributed by atoms with E-state index >= 15 is 0 Å². The summed E-state index contributed by atoms with van der Waals surface area (Å²) in [5.41, 5.74) is 0. The number of hydrogen-bond donors (Lipinski definition) is 1. The first-order valence-corrected chi connectivity index (χ1v) is 4.54. The molecule has 0 bridgehead atoms. The number of methoxy groups -OCH3 is 1. The van der Waals surface area contributed by atoms with E-state index in [1.807, 2.05) is 0 Å². The van der Waals surface area contributed by atoms with Crippen LogP contribution in [0.3, 0.4) is 0 Å². The zero-order chi connectivity index (χ0) is 10.6. The van der Waals surface area contributed by atoms with Crippen LogP contribution in [0.2, 0.25) is 0 Å². The summed E-state index contributed by atoms with van der Waals surface area (Å²) >= 11 is 0. The minimum Gasteiger partial charge on any atom is -0.481 e. The van der Waals surface area contributed by atoms with Gasteiger partial charge < -0.3 is 14.6 Å². The number of carboxylic acid groups (broad SMARTS) is 1. The lowest BCUT2D eigenvalue weighted by Crippen LogP contribution is -2.16. The lowest BCUT2D eigenvalue weighted by Gasteiger charge is -2.06. The monoisotopic (exact) mass is 202 g/mol. The lowest BCUT2D eigenvalue weighted by atomic mass is 10.0. The van der Waals surface area contributed by atoms with Crippen molar-refractivity contribution in [1.29, 1.82) is 0 Å². The first-order chi connectivity index (χ1) is 6.63. The molecule has 1 fully saturated rings. The van der Waals surface area contributed by atoms with Gasteiger partial charge in [-0.25, -0.2) is 0 Å². The maximum absolute atomic E-state index is 11.1. The van der Waals surface area contributed by atoms with E-state index in [9.17, 15) is 9.59 Å². The summed E-state index contributed by atoms with van der Waals surface area (Å²) in [6.45, 7) is 0.344. The molecule has 0 aromatic heterocycles. The van der Waals surface area contributed by atoms with Gasteiger partial charge in [-0.05, 0) is 12.8 Å². The molecule has 0 aliphatic carbocycles. The Kier molecular flexibility index (Phi) is 3.88. The number of ether oxygens (including phenoxy) is 2. The Morgan fingerprint density at radius 2 is 2.29 bits per heavy atom. The fourth-order valence-electron chi connectivity index (χ4n) is 1.52. The fourth-order valence-corrected chi connectivity index (χ4v) is 1.52. The van der Waals surface area contributed by atoms with Crippen molar-refractivity contribution < 1.29 is 24.2 Å². The van der Waals surface area contributed by atoms with Gasteiger partial charge in [-0.2, -0.15) is 0 Å². The molecule has 0 aromatic rings.